The first-order chi connectivity index (χ1) is 13.5. The van der Waals surface area contributed by atoms with Crippen molar-refractivity contribution in [3.63, 3.8) is 0 Å². The van der Waals surface area contributed by atoms with Crippen LogP contribution in [0.4, 0.5) is 8.78 Å². The number of ether oxygens (including phenoxy) is 1. The molecule has 0 saturated carbocycles. The Kier molecular flexibility index (Phi) is 5.98. The standard InChI is InChI=1S/C20H19F2N3O3/c1-2-15(14-9-5-6-10-17(14)28-20(21)22)23-18(26)11-16-12-7-3-4-8-13(12)19(27)25-24-16/h3-10,15,20H,2,11H2,1H3,(H,23,26)(H,25,27). The van der Waals surface area contributed by atoms with E-state index < -0.39 is 12.7 Å². The van der Waals surface area contributed by atoms with E-state index in [4.69, 9.17) is 0 Å². The fourth-order valence-electron chi connectivity index (χ4n) is 3.08. The number of fused-ring (bicyclic) bond motifs is 1. The van der Waals surface area contributed by atoms with Crippen molar-refractivity contribution < 1.29 is 18.3 Å². The van der Waals surface area contributed by atoms with Crippen molar-refractivity contribution in [2.24, 2.45) is 0 Å². The number of nitrogens with zero attached hydrogens (tertiary/aromatic N) is 1. The lowest BCUT2D eigenvalue weighted by molar-refractivity contribution is -0.121. The molecule has 0 radical (unpaired) electrons. The lowest BCUT2D eigenvalue weighted by Gasteiger charge is -2.20. The maximum atomic E-state index is 12.7. The maximum absolute atomic E-state index is 12.7. The van der Waals surface area contributed by atoms with Crippen LogP contribution in [0.1, 0.15) is 30.6 Å². The zero-order valence-electron chi connectivity index (χ0n) is 15.1. The molecule has 2 N–H and O–H groups in total. The highest BCUT2D eigenvalue weighted by Gasteiger charge is 2.20. The van der Waals surface area contributed by atoms with Gasteiger partial charge >= 0.3 is 6.61 Å². The summed E-state index contributed by atoms with van der Waals surface area (Å²) in [4.78, 5) is 24.4. The van der Waals surface area contributed by atoms with E-state index in [1.165, 1.54) is 6.07 Å². The number of rotatable bonds is 7. The molecule has 0 aliphatic heterocycles. The molecule has 2 aromatic carbocycles. The molecule has 1 unspecified atom stereocenters. The van der Waals surface area contributed by atoms with Gasteiger partial charge in [0.05, 0.1) is 23.5 Å². The number of nitrogens with one attached hydrogen (secondary N) is 2. The minimum atomic E-state index is -2.95. The van der Waals surface area contributed by atoms with Crippen molar-refractivity contribution >= 4 is 16.7 Å². The number of amides is 1. The van der Waals surface area contributed by atoms with Crippen LogP contribution in [0, 0.1) is 0 Å². The number of carbonyl (C=O) groups excluding carboxylic acids is 1. The van der Waals surface area contributed by atoms with Crippen LogP contribution in [0.15, 0.2) is 53.3 Å². The van der Waals surface area contributed by atoms with Gasteiger partial charge < -0.3 is 10.1 Å². The molecule has 8 heteroatoms. The highest BCUT2D eigenvalue weighted by Crippen LogP contribution is 2.28. The van der Waals surface area contributed by atoms with E-state index in [9.17, 15) is 18.4 Å². The van der Waals surface area contributed by atoms with Crippen LogP contribution < -0.4 is 15.6 Å². The molecule has 0 aliphatic rings. The summed E-state index contributed by atoms with van der Waals surface area (Å²) < 4.78 is 29.9. The normalized spacial score (nSPS) is 12.1. The number of aromatic nitrogens is 2. The third-order valence-corrected chi connectivity index (χ3v) is 4.36. The van der Waals surface area contributed by atoms with E-state index in [2.05, 4.69) is 20.3 Å². The van der Waals surface area contributed by atoms with Gasteiger partial charge in [-0.2, -0.15) is 13.9 Å². The second-order valence-corrected chi connectivity index (χ2v) is 6.17. The fourth-order valence-corrected chi connectivity index (χ4v) is 3.08. The highest BCUT2D eigenvalue weighted by molar-refractivity contribution is 5.88. The Balaban J connectivity index is 1.81. The summed E-state index contributed by atoms with van der Waals surface area (Å²) >= 11 is 0. The molecule has 28 heavy (non-hydrogen) atoms. The molecule has 1 atom stereocenters. The number of alkyl halides is 2. The van der Waals surface area contributed by atoms with Crippen molar-refractivity contribution in [2.45, 2.75) is 32.4 Å². The Morgan fingerprint density at radius 2 is 1.82 bits per heavy atom. The topological polar surface area (TPSA) is 84.1 Å². The summed E-state index contributed by atoms with van der Waals surface area (Å²) in [7, 11) is 0. The number of para-hydroxylation sites is 1. The van der Waals surface area contributed by atoms with Crippen LogP contribution >= 0.6 is 0 Å². The van der Waals surface area contributed by atoms with E-state index >= 15 is 0 Å². The minimum Gasteiger partial charge on any atom is -0.434 e. The molecule has 0 fully saturated rings. The number of hydrogen-bond donors (Lipinski definition) is 2. The molecule has 0 bridgehead atoms. The minimum absolute atomic E-state index is 0.0252. The van der Waals surface area contributed by atoms with Gasteiger partial charge in [-0.05, 0) is 18.6 Å². The summed E-state index contributed by atoms with van der Waals surface area (Å²) in [6.45, 7) is -1.12. The largest absolute Gasteiger partial charge is 0.434 e. The van der Waals surface area contributed by atoms with E-state index in [1.807, 2.05) is 6.92 Å². The van der Waals surface area contributed by atoms with Crippen molar-refractivity contribution in [1.29, 1.82) is 0 Å². The van der Waals surface area contributed by atoms with Crippen molar-refractivity contribution in [2.75, 3.05) is 0 Å². The summed E-state index contributed by atoms with van der Waals surface area (Å²) in [5.41, 5.74) is 0.571. The quantitative estimate of drug-likeness (QED) is 0.651. The van der Waals surface area contributed by atoms with Gasteiger partial charge in [-0.1, -0.05) is 43.3 Å². The van der Waals surface area contributed by atoms with E-state index in [-0.39, 0.29) is 23.6 Å². The van der Waals surface area contributed by atoms with Crippen LogP contribution in [0.25, 0.3) is 10.8 Å². The molecule has 0 spiro atoms. The molecule has 3 aromatic rings. The zero-order valence-corrected chi connectivity index (χ0v) is 15.1. The summed E-state index contributed by atoms with van der Waals surface area (Å²) in [5, 5.41) is 10.2. The first-order valence-corrected chi connectivity index (χ1v) is 8.79. The average Bonchev–Trinajstić information content (AvgIpc) is 2.69. The summed E-state index contributed by atoms with van der Waals surface area (Å²) in [6, 6.07) is 12.7. The smallest absolute Gasteiger partial charge is 0.387 e. The lowest BCUT2D eigenvalue weighted by atomic mass is 10.0. The molecule has 0 aliphatic carbocycles. The van der Waals surface area contributed by atoms with Gasteiger partial charge in [0.25, 0.3) is 5.56 Å². The van der Waals surface area contributed by atoms with Crippen LogP contribution in [-0.2, 0) is 11.2 Å². The number of benzene rings is 2. The van der Waals surface area contributed by atoms with Crippen LogP contribution in [-0.4, -0.2) is 22.7 Å². The number of halogens is 2. The molecular weight excluding hydrogens is 368 g/mol. The first-order valence-electron chi connectivity index (χ1n) is 8.79. The number of aromatic amines is 1. The first kappa shape index (κ1) is 19.5. The van der Waals surface area contributed by atoms with Gasteiger partial charge in [0, 0.05) is 10.9 Å². The number of H-pyrrole nitrogens is 1. The molecule has 1 amide bonds. The van der Waals surface area contributed by atoms with Crippen molar-refractivity contribution in [3.8, 4) is 5.75 Å². The SMILES string of the molecule is CCC(NC(=O)Cc1n[nH]c(=O)c2ccccc12)c1ccccc1OC(F)F. The van der Waals surface area contributed by atoms with Gasteiger partial charge in [0.2, 0.25) is 5.91 Å². The summed E-state index contributed by atoms with van der Waals surface area (Å²) in [5.74, 6) is -0.319. The van der Waals surface area contributed by atoms with Crippen molar-refractivity contribution in [1.82, 2.24) is 15.5 Å². The van der Waals surface area contributed by atoms with Crippen molar-refractivity contribution in [3.05, 3.63) is 70.1 Å². The van der Waals surface area contributed by atoms with Crippen LogP contribution in [0.5, 0.6) is 5.75 Å². The maximum Gasteiger partial charge on any atom is 0.387 e. The Labute approximate surface area is 159 Å². The van der Waals surface area contributed by atoms with E-state index in [0.29, 0.717) is 28.5 Å². The molecule has 0 saturated heterocycles. The second kappa shape index (κ2) is 8.60. The monoisotopic (exact) mass is 387 g/mol. The second-order valence-electron chi connectivity index (χ2n) is 6.17. The Morgan fingerprint density at radius 1 is 1.14 bits per heavy atom. The Bertz CT molecular complexity index is 1040. The Morgan fingerprint density at radius 3 is 2.54 bits per heavy atom. The zero-order chi connectivity index (χ0) is 20.1. The predicted octanol–water partition coefficient (Wildman–Crippen LogP) is 3.33. The molecule has 3 rings (SSSR count). The molecular formula is C20H19F2N3O3. The van der Waals surface area contributed by atoms with Gasteiger partial charge in [0.1, 0.15) is 5.75 Å². The average molecular weight is 387 g/mol. The third-order valence-electron chi connectivity index (χ3n) is 4.36. The van der Waals surface area contributed by atoms with Gasteiger partial charge in [-0.25, -0.2) is 5.10 Å². The highest BCUT2D eigenvalue weighted by atomic mass is 19.3. The predicted molar refractivity (Wildman–Crippen MR) is 100 cm³/mol. The summed E-state index contributed by atoms with van der Waals surface area (Å²) in [6.07, 6.45) is 0.417. The van der Waals surface area contributed by atoms with E-state index in [0.717, 1.165) is 0 Å². The van der Waals surface area contributed by atoms with E-state index in [1.54, 1.807) is 42.5 Å². The molecule has 1 heterocycles. The molecule has 6 nitrogen and oxygen atoms in total. The Hall–Kier alpha value is -3.29. The number of carbonyl (C=O) groups is 1. The number of hydrogen-bond acceptors (Lipinski definition) is 4. The van der Waals surface area contributed by atoms with Gasteiger partial charge in [-0.15, -0.1) is 0 Å². The molecule has 1 aromatic heterocycles. The fraction of sp³-hybridized carbons (Fsp3) is 0.250. The molecule has 146 valence electrons. The van der Waals surface area contributed by atoms with Crippen LogP contribution in [0.3, 0.4) is 0 Å². The van der Waals surface area contributed by atoms with Crippen LogP contribution in [0.2, 0.25) is 0 Å². The van der Waals surface area contributed by atoms with Gasteiger partial charge in [-0.3, -0.25) is 9.59 Å². The third kappa shape index (κ3) is 4.33. The van der Waals surface area contributed by atoms with Gasteiger partial charge in [0.15, 0.2) is 0 Å². The lowest BCUT2D eigenvalue weighted by Crippen LogP contribution is -2.30.